The van der Waals surface area contributed by atoms with Gasteiger partial charge in [0.2, 0.25) is 0 Å². The van der Waals surface area contributed by atoms with Crippen LogP contribution in [0.1, 0.15) is 44.8 Å². The van der Waals surface area contributed by atoms with Gasteiger partial charge in [0.05, 0.1) is 17.3 Å². The summed E-state index contributed by atoms with van der Waals surface area (Å²) in [5.74, 6) is 0.341. The first-order valence-electron chi connectivity index (χ1n) is 11.1. The van der Waals surface area contributed by atoms with Crippen LogP contribution in [0.4, 0.5) is 5.69 Å². The Morgan fingerprint density at radius 3 is 2.06 bits per heavy atom. The Balaban J connectivity index is 1.40. The average Bonchev–Trinajstić information content (AvgIpc) is 2.89. The van der Waals surface area contributed by atoms with Crippen molar-refractivity contribution in [2.45, 2.75) is 23.6 Å². The third-order valence-electron chi connectivity index (χ3n) is 5.43. The Kier molecular flexibility index (Phi) is 7.79. The predicted octanol–water partition coefficient (Wildman–Crippen LogP) is 6.72. The maximum atomic E-state index is 12.9. The maximum Gasteiger partial charge on any atom is 0.255 e. The van der Waals surface area contributed by atoms with E-state index in [0.717, 1.165) is 16.9 Å². The van der Waals surface area contributed by atoms with Gasteiger partial charge >= 0.3 is 0 Å². The molecule has 4 rings (SSSR count). The molecule has 170 valence electrons. The fraction of sp³-hybridized carbons (Fsp3) is 0.103. The van der Waals surface area contributed by atoms with Gasteiger partial charge in [-0.05, 0) is 54.4 Å². The molecule has 2 N–H and O–H groups in total. The van der Waals surface area contributed by atoms with Gasteiger partial charge in [-0.25, -0.2) is 0 Å². The van der Waals surface area contributed by atoms with E-state index in [1.807, 2.05) is 79.7 Å². The van der Waals surface area contributed by atoms with E-state index in [4.69, 9.17) is 0 Å². The van der Waals surface area contributed by atoms with Gasteiger partial charge in [-0.2, -0.15) is 0 Å². The number of nitrogens with one attached hydrogen (secondary N) is 2. The summed E-state index contributed by atoms with van der Waals surface area (Å²) in [6, 6.07) is 34.4. The van der Waals surface area contributed by atoms with E-state index in [1.54, 1.807) is 36.0 Å². The smallest absolute Gasteiger partial charge is 0.255 e. The number of para-hydroxylation sites is 1. The highest BCUT2D eigenvalue weighted by Gasteiger charge is 2.16. The molecule has 0 bridgehead atoms. The summed E-state index contributed by atoms with van der Waals surface area (Å²) < 4.78 is 0. The summed E-state index contributed by atoms with van der Waals surface area (Å²) in [6.07, 6.45) is 0. The molecule has 0 saturated carbocycles. The first-order valence-corrected chi connectivity index (χ1v) is 12.1. The van der Waals surface area contributed by atoms with E-state index in [1.165, 1.54) is 4.90 Å². The van der Waals surface area contributed by atoms with Crippen molar-refractivity contribution in [3.05, 3.63) is 131 Å². The summed E-state index contributed by atoms with van der Waals surface area (Å²) in [6.45, 7) is 1.94. The van der Waals surface area contributed by atoms with E-state index in [2.05, 4.69) is 22.8 Å². The van der Waals surface area contributed by atoms with E-state index in [0.29, 0.717) is 16.8 Å². The van der Waals surface area contributed by atoms with Crippen molar-refractivity contribution in [3.63, 3.8) is 0 Å². The highest BCUT2D eigenvalue weighted by Crippen LogP contribution is 2.23. The molecule has 2 amide bonds. The van der Waals surface area contributed by atoms with Crippen molar-refractivity contribution >= 4 is 29.3 Å². The molecule has 0 heterocycles. The lowest BCUT2D eigenvalue weighted by molar-refractivity contribution is 0.0940. The quantitative estimate of drug-likeness (QED) is 0.283. The number of hydrogen-bond donors (Lipinski definition) is 2. The van der Waals surface area contributed by atoms with E-state index in [9.17, 15) is 9.59 Å². The van der Waals surface area contributed by atoms with Crippen molar-refractivity contribution in [1.82, 2.24) is 5.32 Å². The molecule has 0 aliphatic heterocycles. The van der Waals surface area contributed by atoms with E-state index < -0.39 is 0 Å². The molecule has 4 aromatic carbocycles. The largest absolute Gasteiger partial charge is 0.345 e. The molecule has 0 fully saturated rings. The molecule has 0 aliphatic carbocycles. The van der Waals surface area contributed by atoms with Crippen LogP contribution < -0.4 is 10.6 Å². The molecule has 0 radical (unpaired) electrons. The highest BCUT2D eigenvalue weighted by molar-refractivity contribution is 7.98. The predicted molar refractivity (Wildman–Crippen MR) is 139 cm³/mol. The Labute approximate surface area is 204 Å². The number of amides is 2. The summed E-state index contributed by atoms with van der Waals surface area (Å²) in [5.41, 5.74) is 3.60. The van der Waals surface area contributed by atoms with E-state index in [-0.39, 0.29) is 17.9 Å². The van der Waals surface area contributed by atoms with Crippen molar-refractivity contribution in [3.8, 4) is 0 Å². The van der Waals surface area contributed by atoms with Crippen LogP contribution in [0.2, 0.25) is 0 Å². The third-order valence-corrected chi connectivity index (χ3v) is 6.52. The second kappa shape index (κ2) is 11.3. The Morgan fingerprint density at radius 1 is 0.735 bits per heavy atom. The van der Waals surface area contributed by atoms with Crippen molar-refractivity contribution in [2.75, 3.05) is 5.32 Å². The number of anilines is 1. The van der Waals surface area contributed by atoms with Gasteiger partial charge in [0.1, 0.15) is 0 Å². The molecule has 0 unspecified atom stereocenters. The molecule has 34 heavy (non-hydrogen) atoms. The number of carbonyl (C=O) groups excluding carboxylic acids is 2. The van der Waals surface area contributed by atoms with Crippen molar-refractivity contribution < 1.29 is 9.59 Å². The molecular formula is C29H26N2O2S. The Morgan fingerprint density at radius 2 is 1.35 bits per heavy atom. The van der Waals surface area contributed by atoms with Crippen LogP contribution in [0.3, 0.4) is 0 Å². The molecular weight excluding hydrogens is 440 g/mol. The summed E-state index contributed by atoms with van der Waals surface area (Å²) in [4.78, 5) is 27.0. The highest BCUT2D eigenvalue weighted by atomic mass is 32.2. The van der Waals surface area contributed by atoms with Gasteiger partial charge in [-0.1, -0.05) is 72.8 Å². The van der Waals surface area contributed by atoms with E-state index >= 15 is 0 Å². The minimum absolute atomic E-state index is 0.154. The average molecular weight is 467 g/mol. The SMILES string of the molecule is C[C@@H](NC(=O)c1ccccc1NC(=O)c1ccc(CSc2ccccc2)cc1)c1ccccc1. The number of carbonyl (C=O) groups is 2. The fourth-order valence-electron chi connectivity index (χ4n) is 3.52. The lowest BCUT2D eigenvalue weighted by atomic mass is 10.1. The molecule has 4 aromatic rings. The van der Waals surface area contributed by atoms with Gasteiger partial charge in [0.15, 0.2) is 0 Å². The molecule has 0 aliphatic rings. The number of thioether (sulfide) groups is 1. The first-order chi connectivity index (χ1) is 16.6. The second-order valence-corrected chi connectivity index (χ2v) is 8.95. The van der Waals surface area contributed by atoms with Crippen molar-refractivity contribution in [1.29, 1.82) is 0 Å². The molecule has 4 nitrogen and oxygen atoms in total. The molecule has 0 saturated heterocycles. The fourth-order valence-corrected chi connectivity index (χ4v) is 4.40. The van der Waals surface area contributed by atoms with Crippen molar-refractivity contribution in [2.24, 2.45) is 0 Å². The van der Waals surface area contributed by atoms with Gasteiger partial charge in [0.25, 0.3) is 11.8 Å². The van der Waals surface area contributed by atoms with Gasteiger partial charge in [0, 0.05) is 16.2 Å². The number of benzene rings is 4. The summed E-state index contributed by atoms with van der Waals surface area (Å²) in [7, 11) is 0. The van der Waals surface area contributed by atoms with Gasteiger partial charge < -0.3 is 10.6 Å². The summed E-state index contributed by atoms with van der Waals surface area (Å²) in [5, 5.41) is 5.90. The molecule has 5 heteroatoms. The van der Waals surface area contributed by atoms with Crippen LogP contribution >= 0.6 is 11.8 Å². The molecule has 0 spiro atoms. The van der Waals surface area contributed by atoms with Crippen LogP contribution in [-0.4, -0.2) is 11.8 Å². The first kappa shape index (κ1) is 23.3. The Bertz CT molecular complexity index is 1240. The zero-order valence-electron chi connectivity index (χ0n) is 18.9. The molecule has 0 aromatic heterocycles. The standard InChI is InChI=1S/C29H26N2O2S/c1-21(23-10-4-2-5-11-23)30-29(33)26-14-8-9-15-27(26)31-28(32)24-18-16-22(17-19-24)20-34-25-12-6-3-7-13-25/h2-19,21H,20H2,1H3,(H,30,33)(H,31,32)/t21-/m1/s1. The molecule has 1 atom stereocenters. The van der Waals surface area contributed by atoms with Crippen LogP contribution in [0, 0.1) is 0 Å². The van der Waals surface area contributed by atoms with Crippen LogP contribution in [0.15, 0.2) is 114 Å². The topological polar surface area (TPSA) is 58.2 Å². The number of rotatable bonds is 8. The maximum absolute atomic E-state index is 12.9. The Hall–Kier alpha value is -3.83. The second-order valence-electron chi connectivity index (χ2n) is 7.90. The summed E-state index contributed by atoms with van der Waals surface area (Å²) >= 11 is 1.75. The van der Waals surface area contributed by atoms with Gasteiger partial charge in [-0.15, -0.1) is 11.8 Å². The zero-order chi connectivity index (χ0) is 23.8. The lowest BCUT2D eigenvalue weighted by Crippen LogP contribution is -2.28. The number of hydrogen-bond acceptors (Lipinski definition) is 3. The van der Waals surface area contributed by atoms with Crippen LogP contribution in [0.5, 0.6) is 0 Å². The van der Waals surface area contributed by atoms with Crippen LogP contribution in [0.25, 0.3) is 0 Å². The minimum atomic E-state index is -0.251. The minimum Gasteiger partial charge on any atom is -0.345 e. The lowest BCUT2D eigenvalue weighted by Gasteiger charge is -2.16. The third kappa shape index (κ3) is 6.15. The van der Waals surface area contributed by atoms with Gasteiger partial charge in [-0.3, -0.25) is 9.59 Å². The van der Waals surface area contributed by atoms with Crippen LogP contribution in [-0.2, 0) is 5.75 Å². The zero-order valence-corrected chi connectivity index (χ0v) is 19.7. The monoisotopic (exact) mass is 466 g/mol. The normalized spacial score (nSPS) is 11.4.